The number of piperidine rings is 1. The number of nitrogens with zero attached hydrogens (tertiary/aromatic N) is 1. The normalized spacial score (nSPS) is 21.7. The van der Waals surface area contributed by atoms with Gasteiger partial charge in [-0.2, -0.15) is 0 Å². The zero-order valence-electron chi connectivity index (χ0n) is 18.9. The zero-order chi connectivity index (χ0) is 22.8. The molecule has 1 saturated carbocycles. The number of nitrogens with one attached hydrogen (secondary N) is 4. The van der Waals surface area contributed by atoms with Crippen LogP contribution < -0.4 is 21.5 Å². The molecule has 2 fully saturated rings. The second-order valence-corrected chi connectivity index (χ2v) is 9.30. The number of furan rings is 1. The lowest BCUT2D eigenvalue weighted by atomic mass is 9.90. The number of aryl methyl sites for hydroxylation is 1. The minimum Gasteiger partial charge on any atom is -0.472 e. The minimum absolute atomic E-state index is 0.0740. The van der Waals surface area contributed by atoms with Crippen LogP contribution >= 0.6 is 0 Å². The number of carbonyl (C=O) groups excluding carboxylic acids is 1. The number of H-pyrrole nitrogens is 1. The van der Waals surface area contributed by atoms with Gasteiger partial charge in [0.2, 0.25) is 5.91 Å². The maximum absolute atomic E-state index is 13.2. The van der Waals surface area contributed by atoms with Gasteiger partial charge in [-0.15, -0.1) is 0 Å². The average Bonchev–Trinajstić information content (AvgIpc) is 3.36. The highest BCUT2D eigenvalue weighted by atomic mass is 16.3. The van der Waals surface area contributed by atoms with Gasteiger partial charge in [-0.25, -0.2) is 4.98 Å². The fraction of sp³-hybridized carbons (Fsp3) is 0.480. The smallest absolute Gasteiger partial charge is 0.251 e. The number of pyridine rings is 2. The summed E-state index contributed by atoms with van der Waals surface area (Å²) in [6, 6.07) is 3.97. The number of carbonyl (C=O) groups is 1. The summed E-state index contributed by atoms with van der Waals surface area (Å²) in [6.45, 7) is 3.24. The maximum Gasteiger partial charge on any atom is 0.251 e. The van der Waals surface area contributed by atoms with E-state index in [1.165, 1.54) is 19.3 Å². The number of hydrogen-bond donors (Lipinski definition) is 4. The first kappa shape index (κ1) is 21.7. The van der Waals surface area contributed by atoms with Crippen molar-refractivity contribution < 1.29 is 9.21 Å². The van der Waals surface area contributed by atoms with Gasteiger partial charge in [-0.3, -0.25) is 9.59 Å². The van der Waals surface area contributed by atoms with E-state index in [2.05, 4.69) is 25.9 Å². The molecule has 2 aliphatic rings. The predicted molar refractivity (Wildman–Crippen MR) is 128 cm³/mol. The van der Waals surface area contributed by atoms with Crippen LogP contribution in [0.25, 0.3) is 22.0 Å². The van der Waals surface area contributed by atoms with Gasteiger partial charge in [-0.1, -0.05) is 19.3 Å². The van der Waals surface area contributed by atoms with Crippen LogP contribution in [0.5, 0.6) is 0 Å². The van der Waals surface area contributed by atoms with Gasteiger partial charge in [0.1, 0.15) is 0 Å². The predicted octanol–water partition coefficient (Wildman–Crippen LogP) is 3.33. The highest BCUT2D eigenvalue weighted by Gasteiger charge is 2.33. The molecule has 5 rings (SSSR count). The molecule has 1 aliphatic heterocycles. The summed E-state index contributed by atoms with van der Waals surface area (Å²) in [5.74, 6) is 0.482. The summed E-state index contributed by atoms with van der Waals surface area (Å²) >= 11 is 0. The molecule has 3 aromatic rings. The van der Waals surface area contributed by atoms with Crippen molar-refractivity contribution in [1.82, 2.24) is 20.6 Å². The quantitative estimate of drug-likeness (QED) is 0.475. The third kappa shape index (κ3) is 4.53. The molecule has 0 unspecified atom stereocenters. The first-order valence-electron chi connectivity index (χ1n) is 11.9. The van der Waals surface area contributed by atoms with Gasteiger partial charge >= 0.3 is 0 Å². The summed E-state index contributed by atoms with van der Waals surface area (Å²) in [7, 11) is 0. The van der Waals surface area contributed by atoms with E-state index in [0.717, 1.165) is 42.3 Å². The summed E-state index contributed by atoms with van der Waals surface area (Å²) in [5, 5.41) is 11.0. The molecule has 8 nitrogen and oxygen atoms in total. The average molecular weight is 450 g/mol. The molecule has 33 heavy (non-hydrogen) atoms. The van der Waals surface area contributed by atoms with Gasteiger partial charge in [0.25, 0.3) is 5.56 Å². The number of amides is 1. The van der Waals surface area contributed by atoms with E-state index in [-0.39, 0.29) is 29.5 Å². The summed E-state index contributed by atoms with van der Waals surface area (Å²) in [5.41, 5.74) is 2.93. The zero-order valence-corrected chi connectivity index (χ0v) is 18.9. The summed E-state index contributed by atoms with van der Waals surface area (Å²) in [6.07, 6.45) is 11.6. The lowest BCUT2D eigenvalue weighted by Gasteiger charge is -2.34. The fourth-order valence-electron chi connectivity index (χ4n) is 5.09. The van der Waals surface area contributed by atoms with Crippen molar-refractivity contribution in [2.75, 3.05) is 18.4 Å². The van der Waals surface area contributed by atoms with Crippen LogP contribution in [0.4, 0.5) is 5.82 Å². The van der Waals surface area contributed by atoms with Crippen LogP contribution in [0.1, 0.15) is 44.1 Å². The lowest BCUT2D eigenvalue weighted by molar-refractivity contribution is -0.126. The Morgan fingerprint density at radius 1 is 1.21 bits per heavy atom. The van der Waals surface area contributed by atoms with E-state index >= 15 is 0 Å². The SMILES string of the molecule is Cc1cc2c(-c3ccoc3)cnc(N[C@@H]3CCNC[C@H]3C(=O)NC3CCCCC3)c2[nH]c1=O. The largest absolute Gasteiger partial charge is 0.472 e. The van der Waals surface area contributed by atoms with Crippen molar-refractivity contribution >= 4 is 22.6 Å². The second-order valence-electron chi connectivity index (χ2n) is 9.30. The van der Waals surface area contributed by atoms with Gasteiger partial charge in [-0.05, 0) is 44.9 Å². The standard InChI is InChI=1S/C25H31N5O3/c1-15-11-18-19(16-8-10-33-14-16)13-27-23(22(18)30-24(15)31)29-21-7-9-26-12-20(21)25(32)28-17-5-3-2-4-6-17/h8,10-11,13-14,17,20-21,26H,2-7,9,12H2,1H3,(H,27,29)(H,28,32)(H,30,31)/t20-,21-/m1/s1. The Morgan fingerprint density at radius 2 is 2.06 bits per heavy atom. The van der Waals surface area contributed by atoms with E-state index in [0.29, 0.717) is 23.4 Å². The minimum atomic E-state index is -0.205. The number of rotatable bonds is 5. The molecule has 1 amide bonds. The van der Waals surface area contributed by atoms with Gasteiger partial charge < -0.3 is 25.4 Å². The molecule has 4 N–H and O–H groups in total. The number of fused-ring (bicyclic) bond motifs is 1. The van der Waals surface area contributed by atoms with Crippen molar-refractivity contribution in [3.8, 4) is 11.1 Å². The molecule has 1 saturated heterocycles. The molecule has 0 radical (unpaired) electrons. The van der Waals surface area contributed by atoms with Crippen molar-refractivity contribution in [2.45, 2.75) is 57.5 Å². The topological polar surface area (TPSA) is 112 Å². The molecule has 2 atom stereocenters. The summed E-state index contributed by atoms with van der Waals surface area (Å²) < 4.78 is 5.26. The number of aromatic amines is 1. The molecule has 1 aliphatic carbocycles. The van der Waals surface area contributed by atoms with Crippen LogP contribution in [0.2, 0.25) is 0 Å². The van der Waals surface area contributed by atoms with E-state index in [1.54, 1.807) is 25.6 Å². The molecule has 8 heteroatoms. The molecule has 4 heterocycles. The van der Waals surface area contributed by atoms with Crippen LogP contribution in [-0.2, 0) is 4.79 Å². The van der Waals surface area contributed by atoms with Crippen molar-refractivity contribution in [3.05, 3.63) is 46.8 Å². The number of hydrogen-bond acceptors (Lipinski definition) is 6. The Hall–Kier alpha value is -3.13. The Morgan fingerprint density at radius 3 is 2.85 bits per heavy atom. The lowest BCUT2D eigenvalue weighted by Crippen LogP contribution is -2.53. The van der Waals surface area contributed by atoms with Gasteiger partial charge in [0.05, 0.1) is 24.0 Å². The van der Waals surface area contributed by atoms with Crippen LogP contribution in [-0.4, -0.2) is 41.0 Å². The first-order chi connectivity index (χ1) is 16.1. The van der Waals surface area contributed by atoms with Crippen molar-refractivity contribution in [2.24, 2.45) is 5.92 Å². The van der Waals surface area contributed by atoms with Gasteiger partial charge in [0, 0.05) is 46.9 Å². The molecule has 0 bridgehead atoms. The van der Waals surface area contributed by atoms with Crippen LogP contribution in [0.15, 0.2) is 40.1 Å². The molecule has 3 aromatic heterocycles. The first-order valence-corrected chi connectivity index (χ1v) is 11.9. The molecule has 0 aromatic carbocycles. The Labute approximate surface area is 192 Å². The highest BCUT2D eigenvalue weighted by Crippen LogP contribution is 2.32. The van der Waals surface area contributed by atoms with Crippen molar-refractivity contribution in [3.63, 3.8) is 0 Å². The second kappa shape index (κ2) is 9.39. The monoisotopic (exact) mass is 449 g/mol. The van der Waals surface area contributed by atoms with E-state index in [9.17, 15) is 9.59 Å². The number of aromatic nitrogens is 2. The van der Waals surface area contributed by atoms with E-state index in [1.807, 2.05) is 12.1 Å². The maximum atomic E-state index is 13.2. The summed E-state index contributed by atoms with van der Waals surface area (Å²) in [4.78, 5) is 33.3. The van der Waals surface area contributed by atoms with E-state index in [4.69, 9.17) is 4.42 Å². The Balaban J connectivity index is 1.44. The van der Waals surface area contributed by atoms with Crippen molar-refractivity contribution in [1.29, 1.82) is 0 Å². The molecule has 174 valence electrons. The van der Waals surface area contributed by atoms with E-state index < -0.39 is 0 Å². The fourth-order valence-corrected chi connectivity index (χ4v) is 5.09. The van der Waals surface area contributed by atoms with Crippen LogP contribution in [0, 0.1) is 12.8 Å². The van der Waals surface area contributed by atoms with Crippen LogP contribution in [0.3, 0.4) is 0 Å². The Kier molecular flexibility index (Phi) is 6.17. The third-order valence-corrected chi connectivity index (χ3v) is 7.00. The number of anilines is 1. The third-order valence-electron chi connectivity index (χ3n) is 7.00. The molecular weight excluding hydrogens is 418 g/mol. The highest BCUT2D eigenvalue weighted by molar-refractivity contribution is 5.99. The van der Waals surface area contributed by atoms with Gasteiger partial charge in [0.15, 0.2) is 5.82 Å². The molecule has 0 spiro atoms. The Bertz CT molecular complexity index is 1180. The molecular formula is C25H31N5O3.